The Balaban J connectivity index is 1.98. The second kappa shape index (κ2) is 12.9. The quantitative estimate of drug-likeness (QED) is 0.307. The highest BCUT2D eigenvalue weighted by Gasteiger charge is 2.04. The lowest BCUT2D eigenvalue weighted by atomic mass is 10.0. The van der Waals surface area contributed by atoms with Crippen LogP contribution in [0.5, 0.6) is 11.5 Å². The summed E-state index contributed by atoms with van der Waals surface area (Å²) in [5, 5.41) is 19.4. The Morgan fingerprint density at radius 2 is 1.25 bits per heavy atom. The summed E-state index contributed by atoms with van der Waals surface area (Å²) in [6, 6.07) is 3.56. The predicted molar refractivity (Wildman–Crippen MR) is 104 cm³/mol. The fraction of sp³-hybridized carbons (Fsp3) is 0.636. The van der Waals surface area contributed by atoms with Crippen LogP contribution in [0.15, 0.2) is 24.3 Å². The third-order valence-electron chi connectivity index (χ3n) is 4.64. The van der Waals surface area contributed by atoms with Gasteiger partial charge in [-0.25, -0.2) is 0 Å². The highest BCUT2D eigenvalue weighted by Crippen LogP contribution is 2.28. The number of unbranched alkanes of at least 4 members (excludes halogenated alkanes) is 9. The first kappa shape index (κ1) is 20.6. The van der Waals surface area contributed by atoms with Crippen molar-refractivity contribution in [2.75, 3.05) is 0 Å². The summed E-state index contributed by atoms with van der Waals surface area (Å²) < 4.78 is 0. The SMILES string of the molecule is CCCCCCC=CCCCCCCCc1cc(O)c(C)c(O)c1. The molecule has 0 amide bonds. The van der Waals surface area contributed by atoms with Crippen LogP contribution in [-0.2, 0) is 6.42 Å². The van der Waals surface area contributed by atoms with Crippen molar-refractivity contribution in [3.8, 4) is 11.5 Å². The molecule has 2 nitrogen and oxygen atoms in total. The zero-order chi connectivity index (χ0) is 17.6. The summed E-state index contributed by atoms with van der Waals surface area (Å²) >= 11 is 0. The average molecular weight is 333 g/mol. The molecule has 0 spiro atoms. The molecule has 1 aromatic rings. The summed E-state index contributed by atoms with van der Waals surface area (Å²) in [4.78, 5) is 0. The minimum absolute atomic E-state index is 0.200. The molecule has 2 heteroatoms. The molecule has 1 aromatic carbocycles. The van der Waals surface area contributed by atoms with E-state index in [4.69, 9.17) is 0 Å². The minimum atomic E-state index is 0.200. The molecule has 0 aromatic heterocycles. The van der Waals surface area contributed by atoms with Crippen molar-refractivity contribution >= 4 is 0 Å². The molecular formula is C22H36O2. The summed E-state index contributed by atoms with van der Waals surface area (Å²) in [7, 11) is 0. The molecule has 0 heterocycles. The Morgan fingerprint density at radius 1 is 0.750 bits per heavy atom. The third kappa shape index (κ3) is 9.00. The lowest BCUT2D eigenvalue weighted by molar-refractivity contribution is 0.441. The summed E-state index contributed by atoms with van der Waals surface area (Å²) in [5.74, 6) is 0.401. The number of phenolic OH excluding ortho intramolecular Hbond substituents is 2. The highest BCUT2D eigenvalue weighted by atomic mass is 16.3. The van der Waals surface area contributed by atoms with Crippen molar-refractivity contribution in [3.05, 3.63) is 35.4 Å². The molecule has 24 heavy (non-hydrogen) atoms. The Hall–Kier alpha value is -1.44. The van der Waals surface area contributed by atoms with Crippen LogP contribution >= 0.6 is 0 Å². The van der Waals surface area contributed by atoms with Crippen LogP contribution in [0.2, 0.25) is 0 Å². The van der Waals surface area contributed by atoms with Crippen molar-refractivity contribution in [1.29, 1.82) is 0 Å². The number of hydrogen-bond acceptors (Lipinski definition) is 2. The lowest BCUT2D eigenvalue weighted by Gasteiger charge is -2.07. The first-order valence-corrected chi connectivity index (χ1v) is 9.81. The number of aromatic hydroxyl groups is 2. The second-order valence-corrected chi connectivity index (χ2v) is 6.89. The van der Waals surface area contributed by atoms with E-state index in [1.54, 1.807) is 19.1 Å². The predicted octanol–water partition coefficient (Wildman–Crippen LogP) is 6.82. The molecule has 0 atom stereocenters. The molecule has 136 valence electrons. The van der Waals surface area contributed by atoms with Crippen molar-refractivity contribution in [2.24, 2.45) is 0 Å². The molecule has 0 radical (unpaired) electrons. The van der Waals surface area contributed by atoms with Crippen LogP contribution in [0, 0.1) is 6.92 Å². The smallest absolute Gasteiger partial charge is 0.122 e. The molecule has 1 rings (SSSR count). The van der Waals surface area contributed by atoms with Gasteiger partial charge in [0.05, 0.1) is 0 Å². The topological polar surface area (TPSA) is 40.5 Å². The van der Waals surface area contributed by atoms with Gasteiger partial charge in [0, 0.05) is 5.56 Å². The van der Waals surface area contributed by atoms with Gasteiger partial charge < -0.3 is 10.2 Å². The third-order valence-corrected chi connectivity index (χ3v) is 4.64. The fourth-order valence-corrected chi connectivity index (χ4v) is 2.93. The number of aryl methyl sites for hydroxylation is 1. The minimum Gasteiger partial charge on any atom is -0.508 e. The maximum Gasteiger partial charge on any atom is 0.122 e. The van der Waals surface area contributed by atoms with Gasteiger partial charge in [0.15, 0.2) is 0 Å². The largest absolute Gasteiger partial charge is 0.508 e. The second-order valence-electron chi connectivity index (χ2n) is 6.89. The Kier molecular flexibility index (Phi) is 11.1. The van der Waals surface area contributed by atoms with E-state index >= 15 is 0 Å². The van der Waals surface area contributed by atoms with Crippen LogP contribution in [0.3, 0.4) is 0 Å². The van der Waals surface area contributed by atoms with E-state index in [1.165, 1.54) is 64.2 Å². The molecule has 0 aliphatic heterocycles. The van der Waals surface area contributed by atoms with Crippen molar-refractivity contribution in [2.45, 2.75) is 90.9 Å². The number of phenols is 2. The Morgan fingerprint density at radius 3 is 1.83 bits per heavy atom. The summed E-state index contributed by atoms with van der Waals surface area (Å²) in [6.07, 6.45) is 19.7. The van der Waals surface area contributed by atoms with Crippen molar-refractivity contribution in [1.82, 2.24) is 0 Å². The van der Waals surface area contributed by atoms with Gasteiger partial charge in [-0.05, 0) is 63.1 Å². The molecule has 0 saturated heterocycles. The zero-order valence-electron chi connectivity index (χ0n) is 15.7. The van der Waals surface area contributed by atoms with Gasteiger partial charge in [-0.1, -0.05) is 57.6 Å². The van der Waals surface area contributed by atoms with E-state index in [0.29, 0.717) is 5.56 Å². The van der Waals surface area contributed by atoms with Crippen molar-refractivity contribution in [3.63, 3.8) is 0 Å². The first-order valence-electron chi connectivity index (χ1n) is 9.81. The summed E-state index contributed by atoms with van der Waals surface area (Å²) in [5.41, 5.74) is 1.60. The zero-order valence-corrected chi connectivity index (χ0v) is 15.7. The maximum absolute atomic E-state index is 9.72. The lowest BCUT2D eigenvalue weighted by Crippen LogP contribution is -1.88. The van der Waals surface area contributed by atoms with Gasteiger partial charge in [0.2, 0.25) is 0 Å². The molecule has 0 aliphatic rings. The monoisotopic (exact) mass is 332 g/mol. The number of hydrogen-bond donors (Lipinski definition) is 2. The Bertz CT molecular complexity index is 454. The number of benzene rings is 1. The normalized spacial score (nSPS) is 11.4. The van der Waals surface area contributed by atoms with E-state index in [-0.39, 0.29) is 11.5 Å². The van der Waals surface area contributed by atoms with E-state index in [2.05, 4.69) is 19.1 Å². The molecule has 0 unspecified atom stereocenters. The fourth-order valence-electron chi connectivity index (χ4n) is 2.93. The molecule has 0 saturated carbocycles. The molecule has 2 N–H and O–H groups in total. The van der Waals surface area contributed by atoms with Crippen molar-refractivity contribution < 1.29 is 10.2 Å². The van der Waals surface area contributed by atoms with Crippen LogP contribution in [0.1, 0.15) is 88.7 Å². The molecular weight excluding hydrogens is 296 g/mol. The van der Waals surface area contributed by atoms with Gasteiger partial charge in [-0.15, -0.1) is 0 Å². The van der Waals surface area contributed by atoms with Gasteiger partial charge in [0.1, 0.15) is 11.5 Å². The first-order chi connectivity index (χ1) is 11.6. The molecule has 0 fully saturated rings. The number of rotatable bonds is 13. The van der Waals surface area contributed by atoms with Crippen LogP contribution < -0.4 is 0 Å². The van der Waals surface area contributed by atoms with Crippen LogP contribution in [-0.4, -0.2) is 10.2 Å². The van der Waals surface area contributed by atoms with Crippen LogP contribution in [0.4, 0.5) is 0 Å². The van der Waals surface area contributed by atoms with Gasteiger partial charge in [0.25, 0.3) is 0 Å². The van der Waals surface area contributed by atoms with Gasteiger partial charge in [-0.2, -0.15) is 0 Å². The molecule has 0 aliphatic carbocycles. The van der Waals surface area contributed by atoms with E-state index in [9.17, 15) is 10.2 Å². The molecule has 0 bridgehead atoms. The van der Waals surface area contributed by atoms with Gasteiger partial charge in [-0.3, -0.25) is 0 Å². The number of allylic oxidation sites excluding steroid dienone is 2. The van der Waals surface area contributed by atoms with Crippen LogP contribution in [0.25, 0.3) is 0 Å². The standard InChI is InChI=1S/C22H36O2/c1-3-4-5-6-7-8-9-10-11-12-13-14-15-16-20-17-21(23)19(2)22(24)18-20/h8-9,17-18,23-24H,3-7,10-16H2,1-2H3. The average Bonchev–Trinajstić information content (AvgIpc) is 2.56. The van der Waals surface area contributed by atoms with E-state index < -0.39 is 0 Å². The van der Waals surface area contributed by atoms with Gasteiger partial charge >= 0.3 is 0 Å². The van der Waals surface area contributed by atoms with E-state index in [1.807, 2.05) is 0 Å². The maximum atomic E-state index is 9.72. The highest BCUT2D eigenvalue weighted by molar-refractivity contribution is 5.45. The van der Waals surface area contributed by atoms with E-state index in [0.717, 1.165) is 18.4 Å². The summed E-state index contributed by atoms with van der Waals surface area (Å²) in [6.45, 7) is 3.98. The Labute approximate surface area is 148 Å².